The minimum absolute atomic E-state index is 0.0534. The van der Waals surface area contributed by atoms with Crippen LogP contribution in [0.4, 0.5) is 5.88 Å². The lowest BCUT2D eigenvalue weighted by molar-refractivity contribution is -0.759. The fraction of sp³-hybridized carbons (Fsp3) is 0.824. The molecule has 4 unspecified atom stereocenters. The summed E-state index contributed by atoms with van der Waals surface area (Å²) < 4.78 is 16.1. The van der Waals surface area contributed by atoms with Gasteiger partial charge >= 0.3 is 5.88 Å². The summed E-state index contributed by atoms with van der Waals surface area (Å²) in [5, 5.41) is 18.0. The van der Waals surface area contributed by atoms with Gasteiger partial charge in [-0.1, -0.05) is 20.8 Å². The Labute approximate surface area is 147 Å². The van der Waals surface area contributed by atoms with E-state index in [2.05, 4.69) is 31.0 Å². The largest absolute Gasteiger partial charge is 0.596 e. The highest BCUT2D eigenvalue weighted by atomic mass is 16.6. The maximum Gasteiger partial charge on any atom is 0.326 e. The van der Waals surface area contributed by atoms with Crippen LogP contribution >= 0.6 is 0 Å². The number of hydrogen-bond donors (Lipinski definition) is 0. The number of fused-ring (bicyclic) bond motifs is 2. The predicted octanol–water partition coefficient (Wildman–Crippen LogP) is 0.365. The first-order valence-corrected chi connectivity index (χ1v) is 9.09. The molecular formula is C17H26N4O4. The Kier molecular flexibility index (Phi) is 4.10. The van der Waals surface area contributed by atoms with Crippen molar-refractivity contribution >= 4 is 12.0 Å². The van der Waals surface area contributed by atoms with E-state index >= 15 is 0 Å². The van der Waals surface area contributed by atoms with Crippen molar-refractivity contribution in [2.45, 2.75) is 39.7 Å². The standard InChI is InChI=1S/C17H26N4O4/c1-11-13-8-12(17(13,2)3)9-14(11)24-16(22)18-15-10-21(19-25-15)20-4-6-23-7-5-20/h10-14H,4-9H2,1-3H3. The van der Waals surface area contributed by atoms with Crippen molar-refractivity contribution < 1.29 is 23.9 Å². The molecule has 2 heterocycles. The molecule has 8 nitrogen and oxygen atoms in total. The molecule has 4 fully saturated rings. The van der Waals surface area contributed by atoms with Crippen LogP contribution in [-0.4, -0.2) is 43.8 Å². The van der Waals surface area contributed by atoms with Crippen LogP contribution in [0.5, 0.6) is 0 Å². The van der Waals surface area contributed by atoms with Gasteiger partial charge in [0.15, 0.2) is 6.08 Å². The lowest BCUT2D eigenvalue weighted by atomic mass is 9.45. The van der Waals surface area contributed by atoms with Crippen molar-refractivity contribution in [1.29, 1.82) is 0 Å². The van der Waals surface area contributed by atoms with Crippen LogP contribution in [0.2, 0.25) is 0 Å². The summed E-state index contributed by atoms with van der Waals surface area (Å²) in [6.07, 6.45) is 3.12. The second-order valence-corrected chi connectivity index (χ2v) is 8.02. The van der Waals surface area contributed by atoms with Crippen LogP contribution in [0.3, 0.4) is 0 Å². The van der Waals surface area contributed by atoms with E-state index in [1.165, 1.54) is 6.42 Å². The van der Waals surface area contributed by atoms with Gasteiger partial charge in [0.1, 0.15) is 0 Å². The summed E-state index contributed by atoms with van der Waals surface area (Å²) in [4.78, 5) is 5.48. The summed E-state index contributed by atoms with van der Waals surface area (Å²) in [5.41, 5.74) is 0.369. The number of ether oxygens (including phenoxy) is 2. The van der Waals surface area contributed by atoms with Gasteiger partial charge in [0, 0.05) is 6.10 Å². The monoisotopic (exact) mass is 350 g/mol. The number of aromatic nitrogens is 2. The number of nitrogens with zero attached hydrogens (tertiary/aromatic N) is 4. The molecule has 138 valence electrons. The van der Waals surface area contributed by atoms with Gasteiger partial charge in [0.2, 0.25) is 5.27 Å². The molecule has 1 aromatic heterocycles. The predicted molar refractivity (Wildman–Crippen MR) is 86.6 cm³/mol. The fourth-order valence-corrected chi connectivity index (χ4v) is 4.67. The number of hydrogen-bond acceptors (Lipinski definition) is 7. The maximum atomic E-state index is 12.2. The van der Waals surface area contributed by atoms with E-state index in [0.717, 1.165) is 19.5 Å². The average molecular weight is 350 g/mol. The van der Waals surface area contributed by atoms with Gasteiger partial charge in [-0.05, 0) is 36.0 Å². The third-order valence-corrected chi connectivity index (χ3v) is 6.46. The smallest absolute Gasteiger partial charge is 0.326 e. The second-order valence-electron chi connectivity index (χ2n) is 8.02. The van der Waals surface area contributed by atoms with Crippen molar-refractivity contribution in [3.05, 3.63) is 6.20 Å². The Morgan fingerprint density at radius 2 is 2.16 bits per heavy atom. The van der Waals surface area contributed by atoms with E-state index in [4.69, 9.17) is 14.0 Å². The average Bonchev–Trinajstić information content (AvgIpc) is 3.05. The molecular weight excluding hydrogens is 324 g/mol. The van der Waals surface area contributed by atoms with E-state index < -0.39 is 6.08 Å². The highest BCUT2D eigenvalue weighted by Gasteiger charge is 2.55. The fourth-order valence-electron chi connectivity index (χ4n) is 4.67. The SMILES string of the molecule is CC1C(OC([O-])=Nc2c[n+](N3CCOCC3)no2)CC2CC1C2(C)C. The van der Waals surface area contributed by atoms with Crippen LogP contribution in [-0.2, 0) is 9.47 Å². The zero-order valence-electron chi connectivity index (χ0n) is 15.1. The van der Waals surface area contributed by atoms with Crippen molar-refractivity contribution in [2.75, 3.05) is 31.3 Å². The van der Waals surface area contributed by atoms with E-state index in [1.54, 1.807) is 11.0 Å². The van der Waals surface area contributed by atoms with Crippen LogP contribution in [0.25, 0.3) is 0 Å². The third-order valence-electron chi connectivity index (χ3n) is 6.46. The molecule has 0 spiro atoms. The van der Waals surface area contributed by atoms with Gasteiger partial charge < -0.3 is 14.6 Å². The van der Waals surface area contributed by atoms with Crippen LogP contribution in [0, 0.1) is 23.2 Å². The number of rotatable bonds is 3. The molecule has 3 aliphatic carbocycles. The molecule has 0 aromatic carbocycles. The molecule has 1 aromatic rings. The molecule has 0 amide bonds. The highest BCUT2D eigenvalue weighted by Crippen LogP contribution is 2.61. The molecule has 1 saturated heterocycles. The highest BCUT2D eigenvalue weighted by molar-refractivity contribution is 5.65. The molecule has 0 N–H and O–H groups in total. The zero-order chi connectivity index (χ0) is 17.6. The molecule has 3 saturated carbocycles. The molecule has 5 rings (SSSR count). The summed E-state index contributed by atoms with van der Waals surface area (Å²) >= 11 is 0. The second kappa shape index (κ2) is 6.16. The third kappa shape index (κ3) is 2.96. The van der Waals surface area contributed by atoms with Crippen LogP contribution in [0.15, 0.2) is 15.7 Å². The minimum atomic E-state index is -0.596. The summed E-state index contributed by atoms with van der Waals surface area (Å²) in [5.74, 6) is 1.79. The van der Waals surface area contributed by atoms with Gasteiger partial charge in [-0.15, -0.1) is 5.01 Å². The van der Waals surface area contributed by atoms with Gasteiger partial charge in [0.05, 0.1) is 31.1 Å². The molecule has 25 heavy (non-hydrogen) atoms. The van der Waals surface area contributed by atoms with Crippen molar-refractivity contribution in [2.24, 2.45) is 28.2 Å². The van der Waals surface area contributed by atoms with Gasteiger partial charge in [-0.3, -0.25) is 4.52 Å². The Balaban J connectivity index is 1.38. The van der Waals surface area contributed by atoms with Gasteiger partial charge in [-0.2, -0.15) is 4.99 Å². The first-order valence-electron chi connectivity index (χ1n) is 9.09. The molecule has 8 heteroatoms. The van der Waals surface area contributed by atoms with Crippen molar-refractivity contribution in [1.82, 2.24) is 5.27 Å². The van der Waals surface area contributed by atoms with E-state index in [-0.39, 0.29) is 12.0 Å². The molecule has 0 radical (unpaired) electrons. The summed E-state index contributed by atoms with van der Waals surface area (Å²) in [7, 11) is 0. The minimum Gasteiger partial charge on any atom is -0.596 e. The molecule has 1 aliphatic heterocycles. The lowest BCUT2D eigenvalue weighted by Crippen LogP contribution is -2.62. The Morgan fingerprint density at radius 1 is 1.40 bits per heavy atom. The first kappa shape index (κ1) is 16.6. The first-order chi connectivity index (χ1) is 11.9. The van der Waals surface area contributed by atoms with E-state index in [9.17, 15) is 5.11 Å². The maximum absolute atomic E-state index is 12.2. The quantitative estimate of drug-likeness (QED) is 0.445. The molecule has 4 aliphatic rings. The normalized spacial score (nSPS) is 34.5. The number of aliphatic imine (C=N–C) groups is 1. The molecule has 4 atom stereocenters. The van der Waals surface area contributed by atoms with E-state index in [1.807, 2.05) is 5.01 Å². The van der Waals surface area contributed by atoms with E-state index in [0.29, 0.717) is 36.4 Å². The Morgan fingerprint density at radius 3 is 2.84 bits per heavy atom. The zero-order valence-corrected chi connectivity index (χ0v) is 15.1. The lowest BCUT2D eigenvalue weighted by Gasteiger charge is -2.63. The van der Waals surface area contributed by atoms with Crippen LogP contribution in [0.1, 0.15) is 33.6 Å². The number of morpholine rings is 1. The summed E-state index contributed by atoms with van der Waals surface area (Å²) in [6, 6.07) is 0. The summed E-state index contributed by atoms with van der Waals surface area (Å²) in [6.45, 7) is 9.56. The van der Waals surface area contributed by atoms with Crippen LogP contribution < -0.4 is 14.9 Å². The van der Waals surface area contributed by atoms with Crippen molar-refractivity contribution in [3.63, 3.8) is 0 Å². The Hall–Kier alpha value is -1.83. The molecule has 2 bridgehead atoms. The topological polar surface area (TPSA) is 87.0 Å². The van der Waals surface area contributed by atoms with Crippen molar-refractivity contribution in [3.8, 4) is 0 Å². The van der Waals surface area contributed by atoms with Gasteiger partial charge in [-0.25, -0.2) is 0 Å². The Bertz CT molecular complexity index is 653. The van der Waals surface area contributed by atoms with Gasteiger partial charge in [0.25, 0.3) is 6.20 Å².